The Morgan fingerprint density at radius 3 is 2.48 bits per heavy atom. The van der Waals surface area contributed by atoms with Crippen LogP contribution in [0.2, 0.25) is 0 Å². The summed E-state index contributed by atoms with van der Waals surface area (Å²) in [6, 6.07) is 1.58. The molecule has 2 aliphatic carbocycles. The highest BCUT2D eigenvalue weighted by Gasteiger charge is 2.57. The second-order valence-corrected chi connectivity index (χ2v) is 12.7. The average molecular weight is 591 g/mol. The van der Waals surface area contributed by atoms with Gasteiger partial charge in [0.1, 0.15) is 18.1 Å². The number of nitrogens with zero attached hydrogens (tertiary/aromatic N) is 4. The van der Waals surface area contributed by atoms with Gasteiger partial charge in [-0.1, -0.05) is 13.8 Å². The fourth-order valence-corrected chi connectivity index (χ4v) is 5.72. The van der Waals surface area contributed by atoms with Crippen LogP contribution in [-0.4, -0.2) is 81.9 Å². The first-order valence-corrected chi connectivity index (χ1v) is 13.9. The number of fused-ring (bicyclic) bond motifs is 1. The van der Waals surface area contributed by atoms with E-state index in [1.54, 1.807) is 12.1 Å². The van der Waals surface area contributed by atoms with Gasteiger partial charge in [-0.25, -0.2) is 4.98 Å². The van der Waals surface area contributed by atoms with Gasteiger partial charge in [0.05, 0.1) is 12.6 Å². The van der Waals surface area contributed by atoms with E-state index in [1.165, 1.54) is 18.1 Å². The van der Waals surface area contributed by atoms with Crippen molar-refractivity contribution < 1.29 is 37.1 Å². The number of hydrogen-bond acceptors (Lipinski definition) is 7. The maximum absolute atomic E-state index is 14.2. The Morgan fingerprint density at radius 1 is 1.24 bits per heavy atom. The Morgan fingerprint density at radius 2 is 1.88 bits per heavy atom. The van der Waals surface area contributed by atoms with E-state index < -0.39 is 58.9 Å². The molecule has 1 spiro atoms. The number of amides is 4. The van der Waals surface area contributed by atoms with E-state index in [0.717, 1.165) is 17.7 Å². The second kappa shape index (κ2) is 10.1. The minimum Gasteiger partial charge on any atom is -0.472 e. The molecule has 2 aliphatic heterocycles. The minimum atomic E-state index is -5.18. The summed E-state index contributed by atoms with van der Waals surface area (Å²) in [5, 5.41) is 14.5. The summed E-state index contributed by atoms with van der Waals surface area (Å²) >= 11 is 0. The van der Waals surface area contributed by atoms with Crippen LogP contribution in [0.3, 0.4) is 0 Å². The summed E-state index contributed by atoms with van der Waals surface area (Å²) in [7, 11) is 1.33. The van der Waals surface area contributed by atoms with Gasteiger partial charge in [0.25, 0.3) is 5.91 Å². The zero-order valence-electron chi connectivity index (χ0n) is 23.6. The maximum Gasteiger partial charge on any atom is 0.471 e. The minimum absolute atomic E-state index is 0.00866. The number of likely N-dealkylation sites (tertiary alicyclic amines) is 1. The topological polar surface area (TPSA) is 145 Å². The van der Waals surface area contributed by atoms with E-state index in [4.69, 9.17) is 4.74 Å². The number of halogens is 3. The summed E-state index contributed by atoms with van der Waals surface area (Å²) in [6.07, 6.45) is -0.675. The number of anilines is 1. The molecule has 42 heavy (non-hydrogen) atoms. The van der Waals surface area contributed by atoms with Crippen molar-refractivity contribution in [1.82, 2.24) is 20.1 Å². The van der Waals surface area contributed by atoms with Crippen LogP contribution in [0, 0.1) is 22.2 Å². The number of aromatic nitrogens is 1. The molecular formula is C28H33F3N6O5. The van der Waals surface area contributed by atoms with Gasteiger partial charge < -0.3 is 25.2 Å². The molecule has 4 atom stereocenters. The van der Waals surface area contributed by atoms with Crippen molar-refractivity contribution in [2.24, 2.45) is 10.8 Å². The van der Waals surface area contributed by atoms with E-state index in [0.29, 0.717) is 12.8 Å². The second-order valence-electron chi connectivity index (χ2n) is 12.7. The Labute approximate surface area is 240 Å². The van der Waals surface area contributed by atoms with E-state index >= 15 is 0 Å². The summed E-state index contributed by atoms with van der Waals surface area (Å²) in [6.45, 7) is 3.49. The van der Waals surface area contributed by atoms with Crippen LogP contribution in [-0.2, 0) is 19.2 Å². The molecule has 2 saturated carbocycles. The fraction of sp³-hybridized carbons (Fsp3) is 0.643. The van der Waals surface area contributed by atoms with E-state index in [-0.39, 0.29) is 42.8 Å². The number of ether oxygens (including phenoxy) is 1. The Balaban J connectivity index is 1.41. The predicted molar refractivity (Wildman–Crippen MR) is 140 cm³/mol. The van der Waals surface area contributed by atoms with Crippen LogP contribution < -0.4 is 15.4 Å². The highest BCUT2D eigenvalue weighted by atomic mass is 19.4. The molecule has 226 valence electrons. The number of likely N-dealkylation sites (N-methyl/N-ethyl adjacent to an activating group) is 1. The van der Waals surface area contributed by atoms with Crippen LogP contribution in [0.25, 0.3) is 0 Å². The highest BCUT2D eigenvalue weighted by molar-refractivity contribution is 6.01. The van der Waals surface area contributed by atoms with Crippen LogP contribution in [0.4, 0.5) is 19.0 Å². The molecule has 4 amide bonds. The van der Waals surface area contributed by atoms with Crippen molar-refractivity contribution in [1.29, 1.82) is 5.26 Å². The number of nitrogens with one attached hydrogen (secondary N) is 2. The average Bonchev–Trinajstić information content (AvgIpc) is 3.82. The smallest absolute Gasteiger partial charge is 0.471 e. The maximum atomic E-state index is 14.2. The van der Waals surface area contributed by atoms with Crippen LogP contribution in [0.15, 0.2) is 18.3 Å². The molecule has 14 heteroatoms. The number of hydrogen-bond donors (Lipinski definition) is 2. The van der Waals surface area contributed by atoms with Crippen molar-refractivity contribution >= 4 is 29.4 Å². The third-order valence-corrected chi connectivity index (χ3v) is 9.03. The summed E-state index contributed by atoms with van der Waals surface area (Å²) < 4.78 is 45.5. The Hall–Kier alpha value is -3.89. The summed E-state index contributed by atoms with van der Waals surface area (Å²) in [5.41, 5.74) is -2.25. The van der Waals surface area contributed by atoms with Crippen molar-refractivity contribution in [3.05, 3.63) is 18.3 Å². The molecule has 3 heterocycles. The van der Waals surface area contributed by atoms with E-state index in [9.17, 15) is 37.6 Å². The standard InChI is InChI=1S/C28H33F3N6O5/c1-25(6-7-25)12-17(34-24(41)28(29,30)31)21(38)36(3)18(13-26(2)8-9-26)22(39)37-15-27(11-16(37)14-32)23(40)35-20-19(42-27)5-4-10-33-20/h4-5,10,16-18H,6-9,11-13,15H2,1-3H3,(H,34,41)(H,33,35,40). The molecule has 4 aliphatic rings. The molecule has 0 bridgehead atoms. The molecule has 4 unspecified atom stereocenters. The largest absolute Gasteiger partial charge is 0.472 e. The predicted octanol–water partition coefficient (Wildman–Crippen LogP) is 2.53. The van der Waals surface area contributed by atoms with Crippen molar-refractivity contribution in [2.75, 3.05) is 18.9 Å². The normalized spacial score (nSPS) is 26.2. The van der Waals surface area contributed by atoms with Gasteiger partial charge in [-0.15, -0.1) is 0 Å². The molecule has 1 aromatic rings. The summed E-state index contributed by atoms with van der Waals surface area (Å²) in [5.74, 6) is -3.72. The Bertz CT molecular complexity index is 1350. The molecule has 2 N–H and O–H groups in total. The van der Waals surface area contributed by atoms with Crippen LogP contribution in [0.5, 0.6) is 5.75 Å². The van der Waals surface area contributed by atoms with Gasteiger partial charge in [-0.3, -0.25) is 19.2 Å². The Kier molecular flexibility index (Phi) is 7.14. The molecule has 1 saturated heterocycles. The van der Waals surface area contributed by atoms with Crippen LogP contribution >= 0.6 is 0 Å². The lowest BCUT2D eigenvalue weighted by atomic mass is 9.94. The monoisotopic (exact) mass is 590 g/mol. The molecule has 1 aromatic heterocycles. The molecule has 0 radical (unpaired) electrons. The lowest BCUT2D eigenvalue weighted by molar-refractivity contribution is -0.175. The fourth-order valence-electron chi connectivity index (χ4n) is 5.72. The SMILES string of the molecule is CN(C(=O)C(CC1(C)CC1)NC(=O)C(F)(F)F)C(CC1(C)CC1)C(=O)N1CC2(CC1C#N)Oc1cccnc1NC2=O. The van der Waals surface area contributed by atoms with Gasteiger partial charge in [0, 0.05) is 19.7 Å². The molecule has 0 aromatic carbocycles. The van der Waals surface area contributed by atoms with Crippen molar-refractivity contribution in [2.45, 2.75) is 88.7 Å². The van der Waals surface area contributed by atoms with Gasteiger partial charge in [-0.2, -0.15) is 18.4 Å². The molecule has 11 nitrogen and oxygen atoms in total. The first kappa shape index (κ1) is 29.6. The number of alkyl halides is 3. The molecule has 3 fully saturated rings. The summed E-state index contributed by atoms with van der Waals surface area (Å²) in [4.78, 5) is 59.3. The lowest BCUT2D eigenvalue weighted by Crippen LogP contribution is -2.58. The van der Waals surface area contributed by atoms with Crippen LogP contribution in [0.1, 0.15) is 58.8 Å². The lowest BCUT2D eigenvalue weighted by Gasteiger charge is -2.36. The first-order chi connectivity index (χ1) is 19.6. The van der Waals surface area contributed by atoms with Gasteiger partial charge in [0.2, 0.25) is 17.4 Å². The van der Waals surface area contributed by atoms with E-state index in [1.807, 2.05) is 19.2 Å². The number of pyridine rings is 1. The van der Waals surface area contributed by atoms with Crippen molar-refractivity contribution in [3.8, 4) is 11.8 Å². The third kappa shape index (κ3) is 5.73. The van der Waals surface area contributed by atoms with Gasteiger partial charge in [0.15, 0.2) is 11.6 Å². The number of rotatable bonds is 8. The van der Waals surface area contributed by atoms with Gasteiger partial charge in [-0.05, 0) is 61.5 Å². The number of nitriles is 1. The molecule has 5 rings (SSSR count). The quantitative estimate of drug-likeness (QED) is 0.473. The first-order valence-electron chi connectivity index (χ1n) is 13.9. The van der Waals surface area contributed by atoms with Gasteiger partial charge >= 0.3 is 12.1 Å². The number of carbonyl (C=O) groups is 4. The van der Waals surface area contributed by atoms with Crippen molar-refractivity contribution in [3.63, 3.8) is 0 Å². The van der Waals surface area contributed by atoms with E-state index in [2.05, 4.69) is 16.4 Å². The zero-order valence-corrected chi connectivity index (χ0v) is 23.6. The molecular weight excluding hydrogens is 557 g/mol. The number of carbonyl (C=O) groups excluding carboxylic acids is 4. The highest BCUT2D eigenvalue weighted by Crippen LogP contribution is 2.51. The zero-order chi connectivity index (χ0) is 30.7. The third-order valence-electron chi connectivity index (χ3n) is 9.03.